The zero-order valence-electron chi connectivity index (χ0n) is 13.8. The van der Waals surface area contributed by atoms with Gasteiger partial charge in [0.1, 0.15) is 12.7 Å². The van der Waals surface area contributed by atoms with Gasteiger partial charge in [-0.15, -0.1) is 10.2 Å². The first-order valence-corrected chi connectivity index (χ1v) is 8.71. The molecule has 1 aromatic carbocycles. The fourth-order valence-corrected chi connectivity index (χ4v) is 3.93. The molecule has 2 aliphatic heterocycles. The summed E-state index contributed by atoms with van der Waals surface area (Å²) in [6.07, 6.45) is 8.09. The van der Waals surface area contributed by atoms with Gasteiger partial charge < -0.3 is 10.2 Å². The first-order chi connectivity index (χ1) is 11.8. The number of amides is 1. The zero-order valence-corrected chi connectivity index (χ0v) is 13.8. The maximum absolute atomic E-state index is 12.8. The molecule has 0 atom stereocenters. The smallest absolute Gasteiger partial charge is 0.253 e. The molecule has 6 nitrogen and oxygen atoms in total. The van der Waals surface area contributed by atoms with E-state index in [-0.39, 0.29) is 5.91 Å². The van der Waals surface area contributed by atoms with E-state index in [0.717, 1.165) is 50.3 Å². The van der Waals surface area contributed by atoms with Crippen LogP contribution in [0.25, 0.3) is 5.69 Å². The molecule has 0 aliphatic carbocycles. The molecule has 1 amide bonds. The largest absolute Gasteiger partial charge is 0.339 e. The molecule has 0 unspecified atom stereocenters. The Labute approximate surface area is 141 Å². The minimum Gasteiger partial charge on any atom is -0.339 e. The molecule has 2 aliphatic rings. The first-order valence-electron chi connectivity index (χ1n) is 8.71. The summed E-state index contributed by atoms with van der Waals surface area (Å²) in [5.41, 5.74) is 2.19. The fraction of sp³-hybridized carbons (Fsp3) is 0.500. The highest BCUT2D eigenvalue weighted by molar-refractivity contribution is 5.94. The maximum atomic E-state index is 12.8. The number of rotatable bonds is 2. The van der Waals surface area contributed by atoms with Crippen molar-refractivity contribution >= 4 is 5.91 Å². The third kappa shape index (κ3) is 2.94. The molecule has 1 aromatic heterocycles. The van der Waals surface area contributed by atoms with Crippen LogP contribution in [-0.2, 0) is 0 Å². The zero-order chi connectivity index (χ0) is 16.4. The summed E-state index contributed by atoms with van der Waals surface area (Å²) in [6.45, 7) is 4.01. The predicted octanol–water partition coefficient (Wildman–Crippen LogP) is 1.87. The van der Waals surface area contributed by atoms with Crippen LogP contribution in [0.1, 0.15) is 36.0 Å². The van der Waals surface area contributed by atoms with Gasteiger partial charge >= 0.3 is 0 Å². The molecule has 3 heterocycles. The Hall–Kier alpha value is -2.21. The van der Waals surface area contributed by atoms with Crippen molar-refractivity contribution in [1.82, 2.24) is 25.0 Å². The molecule has 126 valence electrons. The molecular formula is C18H23N5O. The van der Waals surface area contributed by atoms with Crippen LogP contribution in [-0.4, -0.2) is 51.8 Å². The number of likely N-dealkylation sites (tertiary alicyclic amines) is 1. The van der Waals surface area contributed by atoms with Crippen LogP contribution in [0.5, 0.6) is 0 Å². The topological polar surface area (TPSA) is 63.1 Å². The normalized spacial score (nSPS) is 20.2. The summed E-state index contributed by atoms with van der Waals surface area (Å²) in [4.78, 5) is 14.8. The van der Waals surface area contributed by atoms with Gasteiger partial charge in [0.05, 0.1) is 0 Å². The fourth-order valence-electron chi connectivity index (χ4n) is 3.93. The summed E-state index contributed by atoms with van der Waals surface area (Å²) in [5.74, 6) is 0.147. The molecule has 2 saturated heterocycles. The Morgan fingerprint density at radius 1 is 0.958 bits per heavy atom. The lowest BCUT2D eigenvalue weighted by molar-refractivity contribution is 0.0496. The lowest BCUT2D eigenvalue weighted by atomic mass is 9.71. The molecule has 0 radical (unpaired) electrons. The van der Waals surface area contributed by atoms with Gasteiger partial charge in [0.2, 0.25) is 0 Å². The van der Waals surface area contributed by atoms with Crippen LogP contribution in [0.15, 0.2) is 36.9 Å². The Kier molecular flexibility index (Phi) is 4.06. The molecule has 24 heavy (non-hydrogen) atoms. The second kappa shape index (κ2) is 6.36. The van der Waals surface area contributed by atoms with Crippen molar-refractivity contribution in [3.05, 3.63) is 42.5 Å². The van der Waals surface area contributed by atoms with Crippen LogP contribution >= 0.6 is 0 Å². The second-order valence-electron chi connectivity index (χ2n) is 6.96. The maximum Gasteiger partial charge on any atom is 0.253 e. The van der Waals surface area contributed by atoms with Gasteiger partial charge in [0, 0.05) is 24.3 Å². The van der Waals surface area contributed by atoms with E-state index >= 15 is 0 Å². The summed E-state index contributed by atoms with van der Waals surface area (Å²) in [7, 11) is 0. The van der Waals surface area contributed by atoms with Gasteiger partial charge in [0.15, 0.2) is 0 Å². The summed E-state index contributed by atoms with van der Waals surface area (Å²) in [6, 6.07) is 7.67. The van der Waals surface area contributed by atoms with Gasteiger partial charge in [0.25, 0.3) is 5.91 Å². The number of piperidine rings is 2. The van der Waals surface area contributed by atoms with Crippen molar-refractivity contribution in [3.63, 3.8) is 0 Å². The number of hydrogen-bond donors (Lipinski definition) is 1. The van der Waals surface area contributed by atoms with E-state index in [0.29, 0.717) is 5.41 Å². The van der Waals surface area contributed by atoms with E-state index in [1.54, 1.807) is 12.7 Å². The van der Waals surface area contributed by atoms with Gasteiger partial charge in [-0.1, -0.05) is 0 Å². The third-order valence-electron chi connectivity index (χ3n) is 5.61. The minimum absolute atomic E-state index is 0.147. The predicted molar refractivity (Wildman–Crippen MR) is 91.0 cm³/mol. The van der Waals surface area contributed by atoms with Crippen LogP contribution in [0, 0.1) is 5.41 Å². The molecule has 2 fully saturated rings. The molecule has 4 rings (SSSR count). The van der Waals surface area contributed by atoms with Crippen LogP contribution in [0.3, 0.4) is 0 Å². The molecular weight excluding hydrogens is 302 g/mol. The van der Waals surface area contributed by atoms with Crippen molar-refractivity contribution in [2.24, 2.45) is 5.41 Å². The third-order valence-corrected chi connectivity index (χ3v) is 5.61. The van der Waals surface area contributed by atoms with E-state index in [2.05, 4.69) is 15.5 Å². The summed E-state index contributed by atoms with van der Waals surface area (Å²) < 4.78 is 1.83. The van der Waals surface area contributed by atoms with E-state index in [1.165, 1.54) is 12.8 Å². The van der Waals surface area contributed by atoms with E-state index < -0.39 is 0 Å². The molecule has 0 saturated carbocycles. The number of nitrogens with zero attached hydrogens (tertiary/aromatic N) is 4. The van der Waals surface area contributed by atoms with Gasteiger partial charge in [-0.2, -0.15) is 0 Å². The number of benzene rings is 1. The molecule has 1 spiro atoms. The van der Waals surface area contributed by atoms with E-state index in [4.69, 9.17) is 0 Å². The molecule has 2 aromatic rings. The Morgan fingerprint density at radius 2 is 1.58 bits per heavy atom. The van der Waals surface area contributed by atoms with E-state index in [9.17, 15) is 4.79 Å². The monoisotopic (exact) mass is 325 g/mol. The van der Waals surface area contributed by atoms with Gasteiger partial charge in [-0.3, -0.25) is 9.36 Å². The van der Waals surface area contributed by atoms with Gasteiger partial charge in [-0.05, 0) is 68.5 Å². The SMILES string of the molecule is O=C(c1ccc(-n2cnnc2)cc1)N1CCC2(CCNCC2)CC1. The van der Waals surface area contributed by atoms with Crippen molar-refractivity contribution < 1.29 is 4.79 Å². The highest BCUT2D eigenvalue weighted by Gasteiger charge is 2.36. The number of carbonyl (C=O) groups excluding carboxylic acids is 1. The molecule has 6 heteroatoms. The summed E-state index contributed by atoms with van der Waals surface area (Å²) in [5, 5.41) is 11.1. The highest BCUT2D eigenvalue weighted by Crippen LogP contribution is 2.39. The van der Waals surface area contributed by atoms with Crippen molar-refractivity contribution in [2.75, 3.05) is 26.2 Å². The van der Waals surface area contributed by atoms with Gasteiger partial charge in [-0.25, -0.2) is 0 Å². The van der Waals surface area contributed by atoms with Crippen LogP contribution in [0.4, 0.5) is 0 Å². The average Bonchev–Trinajstić information content (AvgIpc) is 3.17. The standard InChI is InChI=1S/C18H23N5O/c24-17(15-1-3-16(4-2-15)23-13-20-21-14-23)22-11-7-18(8-12-22)5-9-19-10-6-18/h1-4,13-14,19H,5-12H2. The number of nitrogens with one attached hydrogen (secondary N) is 1. The lowest BCUT2D eigenvalue weighted by Gasteiger charge is -2.44. The quantitative estimate of drug-likeness (QED) is 0.916. The minimum atomic E-state index is 0.147. The second-order valence-corrected chi connectivity index (χ2v) is 6.96. The highest BCUT2D eigenvalue weighted by atomic mass is 16.2. The molecule has 1 N–H and O–H groups in total. The lowest BCUT2D eigenvalue weighted by Crippen LogP contribution is -2.47. The number of carbonyl (C=O) groups is 1. The van der Waals surface area contributed by atoms with Crippen LogP contribution < -0.4 is 5.32 Å². The first kappa shape index (κ1) is 15.3. The Morgan fingerprint density at radius 3 is 2.21 bits per heavy atom. The summed E-state index contributed by atoms with van der Waals surface area (Å²) >= 11 is 0. The Bertz CT molecular complexity index is 679. The molecule has 0 bridgehead atoms. The average molecular weight is 325 g/mol. The van der Waals surface area contributed by atoms with Crippen molar-refractivity contribution in [2.45, 2.75) is 25.7 Å². The van der Waals surface area contributed by atoms with Crippen molar-refractivity contribution in [3.8, 4) is 5.69 Å². The van der Waals surface area contributed by atoms with Crippen LogP contribution in [0.2, 0.25) is 0 Å². The Balaban J connectivity index is 1.41. The number of aromatic nitrogens is 3. The number of hydrogen-bond acceptors (Lipinski definition) is 4. The van der Waals surface area contributed by atoms with Crippen molar-refractivity contribution in [1.29, 1.82) is 0 Å². The van der Waals surface area contributed by atoms with E-state index in [1.807, 2.05) is 33.7 Å².